The predicted molar refractivity (Wildman–Crippen MR) is 52.3 cm³/mol. The van der Waals surface area contributed by atoms with Gasteiger partial charge in [0.05, 0.1) is 11.6 Å². The summed E-state index contributed by atoms with van der Waals surface area (Å²) in [5, 5.41) is 8.93. The third-order valence-corrected chi connectivity index (χ3v) is 2.59. The van der Waals surface area contributed by atoms with Gasteiger partial charge in [-0.15, -0.1) is 0 Å². The van der Waals surface area contributed by atoms with Crippen molar-refractivity contribution in [2.24, 2.45) is 5.92 Å². The molecule has 1 aromatic carbocycles. The molecule has 0 N–H and O–H groups in total. The quantitative estimate of drug-likeness (QED) is 0.671. The number of hydrogen-bond donors (Lipinski definition) is 0. The Balaban J connectivity index is 2.27. The van der Waals surface area contributed by atoms with E-state index in [2.05, 4.69) is 18.2 Å². The summed E-state index contributed by atoms with van der Waals surface area (Å²) in [6.07, 6.45) is 3.79. The van der Waals surface area contributed by atoms with Gasteiger partial charge in [-0.25, -0.2) is 0 Å². The molecule has 1 aliphatic rings. The number of rotatable bonds is 2. The molecule has 0 heterocycles. The first-order valence-electron chi connectivity index (χ1n) is 4.79. The SMILES string of the molecule is Cc1ccc(CC2CC2)c(C#N)c1. The highest BCUT2D eigenvalue weighted by molar-refractivity contribution is 5.40. The molecule has 13 heavy (non-hydrogen) atoms. The summed E-state index contributed by atoms with van der Waals surface area (Å²) in [5.41, 5.74) is 3.28. The summed E-state index contributed by atoms with van der Waals surface area (Å²) in [6, 6.07) is 8.45. The Bertz CT molecular complexity index is 356. The van der Waals surface area contributed by atoms with E-state index in [9.17, 15) is 0 Å². The molecule has 1 saturated carbocycles. The Morgan fingerprint density at radius 1 is 1.46 bits per heavy atom. The second-order valence-electron chi connectivity index (χ2n) is 3.92. The van der Waals surface area contributed by atoms with Crippen LogP contribution in [0.5, 0.6) is 0 Å². The largest absolute Gasteiger partial charge is 0.192 e. The Morgan fingerprint density at radius 3 is 2.85 bits per heavy atom. The van der Waals surface area contributed by atoms with E-state index < -0.39 is 0 Å². The van der Waals surface area contributed by atoms with Gasteiger partial charge in [0.25, 0.3) is 0 Å². The molecule has 1 heteroatoms. The minimum Gasteiger partial charge on any atom is -0.192 e. The average molecular weight is 171 g/mol. The van der Waals surface area contributed by atoms with Crippen LogP contribution < -0.4 is 0 Å². The molecule has 66 valence electrons. The second kappa shape index (κ2) is 3.22. The molecule has 0 atom stereocenters. The van der Waals surface area contributed by atoms with E-state index in [4.69, 9.17) is 5.26 Å². The fraction of sp³-hybridized carbons (Fsp3) is 0.417. The molecule has 1 aliphatic carbocycles. The topological polar surface area (TPSA) is 23.8 Å². The van der Waals surface area contributed by atoms with Crippen molar-refractivity contribution < 1.29 is 0 Å². The molecule has 0 spiro atoms. The molecule has 1 aromatic rings. The summed E-state index contributed by atoms with van der Waals surface area (Å²) in [4.78, 5) is 0. The van der Waals surface area contributed by atoms with Gasteiger partial charge in [0, 0.05) is 0 Å². The molecule has 1 fully saturated rings. The third kappa shape index (κ3) is 1.89. The van der Waals surface area contributed by atoms with Gasteiger partial charge in [-0.2, -0.15) is 5.26 Å². The van der Waals surface area contributed by atoms with E-state index in [0.717, 1.165) is 17.9 Å². The lowest BCUT2D eigenvalue weighted by Gasteiger charge is -2.03. The molecular weight excluding hydrogens is 158 g/mol. The van der Waals surface area contributed by atoms with Crippen LogP contribution in [0.2, 0.25) is 0 Å². The highest BCUT2D eigenvalue weighted by Gasteiger charge is 2.22. The second-order valence-corrected chi connectivity index (χ2v) is 3.92. The Hall–Kier alpha value is -1.29. The van der Waals surface area contributed by atoms with Crippen LogP contribution in [0, 0.1) is 24.2 Å². The number of nitriles is 1. The summed E-state index contributed by atoms with van der Waals surface area (Å²) >= 11 is 0. The van der Waals surface area contributed by atoms with E-state index in [0.29, 0.717) is 0 Å². The van der Waals surface area contributed by atoms with Crippen molar-refractivity contribution in [1.82, 2.24) is 0 Å². The zero-order valence-electron chi connectivity index (χ0n) is 7.88. The number of nitrogens with zero attached hydrogens (tertiary/aromatic N) is 1. The van der Waals surface area contributed by atoms with Crippen LogP contribution >= 0.6 is 0 Å². The van der Waals surface area contributed by atoms with Crippen LogP contribution in [0.25, 0.3) is 0 Å². The summed E-state index contributed by atoms with van der Waals surface area (Å²) in [6.45, 7) is 2.03. The normalized spacial score (nSPS) is 15.4. The summed E-state index contributed by atoms with van der Waals surface area (Å²) in [5.74, 6) is 0.856. The van der Waals surface area contributed by atoms with Gasteiger partial charge < -0.3 is 0 Å². The van der Waals surface area contributed by atoms with Crippen molar-refractivity contribution in [2.75, 3.05) is 0 Å². The first-order chi connectivity index (χ1) is 6.29. The highest BCUT2D eigenvalue weighted by atomic mass is 14.3. The van der Waals surface area contributed by atoms with Crippen molar-refractivity contribution in [1.29, 1.82) is 5.26 Å². The molecule has 1 nitrogen and oxygen atoms in total. The van der Waals surface area contributed by atoms with Gasteiger partial charge in [-0.3, -0.25) is 0 Å². The van der Waals surface area contributed by atoms with E-state index >= 15 is 0 Å². The Kier molecular flexibility index (Phi) is 2.06. The van der Waals surface area contributed by atoms with Crippen LogP contribution in [0.15, 0.2) is 18.2 Å². The minimum absolute atomic E-state index is 0.856. The van der Waals surface area contributed by atoms with Gasteiger partial charge in [0.2, 0.25) is 0 Å². The first-order valence-corrected chi connectivity index (χ1v) is 4.79. The van der Waals surface area contributed by atoms with E-state index in [1.807, 2.05) is 13.0 Å². The number of aryl methyl sites for hydroxylation is 1. The number of benzene rings is 1. The molecule has 2 rings (SSSR count). The average Bonchev–Trinajstić information content (AvgIpc) is 2.92. The summed E-state index contributed by atoms with van der Waals surface area (Å²) < 4.78 is 0. The maximum atomic E-state index is 8.93. The van der Waals surface area contributed by atoms with Gasteiger partial charge in [-0.05, 0) is 49.3 Å². The third-order valence-electron chi connectivity index (χ3n) is 2.59. The molecule has 0 amide bonds. The molecule has 0 bridgehead atoms. The Morgan fingerprint density at radius 2 is 2.23 bits per heavy atom. The monoisotopic (exact) mass is 171 g/mol. The van der Waals surface area contributed by atoms with Crippen LogP contribution in [-0.4, -0.2) is 0 Å². The van der Waals surface area contributed by atoms with Crippen LogP contribution in [-0.2, 0) is 6.42 Å². The van der Waals surface area contributed by atoms with Crippen molar-refractivity contribution in [3.63, 3.8) is 0 Å². The van der Waals surface area contributed by atoms with E-state index in [-0.39, 0.29) is 0 Å². The van der Waals surface area contributed by atoms with Gasteiger partial charge in [0.1, 0.15) is 0 Å². The van der Waals surface area contributed by atoms with Crippen LogP contribution in [0.4, 0.5) is 0 Å². The summed E-state index contributed by atoms with van der Waals surface area (Å²) in [7, 11) is 0. The molecule has 0 aromatic heterocycles. The van der Waals surface area contributed by atoms with E-state index in [1.54, 1.807) is 0 Å². The zero-order valence-corrected chi connectivity index (χ0v) is 7.88. The van der Waals surface area contributed by atoms with Crippen molar-refractivity contribution in [3.05, 3.63) is 34.9 Å². The van der Waals surface area contributed by atoms with Crippen LogP contribution in [0.1, 0.15) is 29.5 Å². The fourth-order valence-electron chi connectivity index (χ4n) is 1.61. The smallest absolute Gasteiger partial charge is 0.0994 e. The Labute approximate surface area is 79.0 Å². The van der Waals surface area contributed by atoms with Crippen LogP contribution in [0.3, 0.4) is 0 Å². The molecule has 0 aliphatic heterocycles. The fourth-order valence-corrected chi connectivity index (χ4v) is 1.61. The predicted octanol–water partition coefficient (Wildman–Crippen LogP) is 2.82. The van der Waals surface area contributed by atoms with Crippen molar-refractivity contribution in [3.8, 4) is 6.07 Å². The number of hydrogen-bond acceptors (Lipinski definition) is 1. The molecule has 0 unspecified atom stereocenters. The van der Waals surface area contributed by atoms with Gasteiger partial charge in [0.15, 0.2) is 0 Å². The maximum absolute atomic E-state index is 8.93. The first kappa shape index (κ1) is 8.31. The minimum atomic E-state index is 0.856. The van der Waals surface area contributed by atoms with Crippen molar-refractivity contribution in [2.45, 2.75) is 26.2 Å². The standard InChI is InChI=1S/C12H13N/c1-9-2-5-11(7-10-3-4-10)12(6-9)8-13/h2,5-6,10H,3-4,7H2,1H3. The molecular formula is C12H13N. The zero-order chi connectivity index (χ0) is 9.26. The van der Waals surface area contributed by atoms with E-state index in [1.165, 1.54) is 24.0 Å². The van der Waals surface area contributed by atoms with Crippen molar-refractivity contribution >= 4 is 0 Å². The maximum Gasteiger partial charge on any atom is 0.0994 e. The lowest BCUT2D eigenvalue weighted by atomic mass is 10.0. The lowest BCUT2D eigenvalue weighted by molar-refractivity contribution is 0.829. The lowest BCUT2D eigenvalue weighted by Crippen LogP contribution is -1.92. The van der Waals surface area contributed by atoms with Gasteiger partial charge in [-0.1, -0.05) is 12.1 Å². The molecule has 0 saturated heterocycles. The van der Waals surface area contributed by atoms with Gasteiger partial charge >= 0.3 is 0 Å². The molecule has 0 radical (unpaired) electrons. The highest BCUT2D eigenvalue weighted by Crippen LogP contribution is 2.33.